The molecule has 0 atom stereocenters. The third-order valence-electron chi connectivity index (χ3n) is 3.24. The molecule has 0 aliphatic rings. The van der Waals surface area contributed by atoms with Crippen LogP contribution in [-0.4, -0.2) is 25.6 Å². The lowest BCUT2D eigenvalue weighted by Crippen LogP contribution is -2.39. The van der Waals surface area contributed by atoms with E-state index in [1.165, 1.54) is 0 Å². The van der Waals surface area contributed by atoms with E-state index < -0.39 is 0 Å². The zero-order valence-corrected chi connectivity index (χ0v) is 13.4. The molecule has 0 saturated carbocycles. The van der Waals surface area contributed by atoms with Gasteiger partial charge in [0.2, 0.25) is 5.84 Å². The lowest BCUT2D eigenvalue weighted by atomic mass is 10.4. The van der Waals surface area contributed by atoms with Gasteiger partial charge in [-0.25, -0.2) is 19.7 Å². The van der Waals surface area contributed by atoms with E-state index in [1.807, 2.05) is 42.1 Å². The monoisotopic (exact) mass is 324 g/mol. The van der Waals surface area contributed by atoms with Crippen molar-refractivity contribution in [2.75, 3.05) is 5.43 Å². The van der Waals surface area contributed by atoms with Crippen molar-refractivity contribution in [1.82, 2.24) is 25.2 Å². The highest BCUT2D eigenvalue weighted by Crippen LogP contribution is 1.96. The van der Waals surface area contributed by atoms with Crippen LogP contribution in [0, 0.1) is 0 Å². The molecule has 0 aliphatic carbocycles. The fourth-order valence-electron chi connectivity index (χ4n) is 1.94. The molecule has 3 aromatic rings. The van der Waals surface area contributed by atoms with E-state index in [1.54, 1.807) is 36.4 Å². The normalized spacial score (nSPS) is 12.2. The van der Waals surface area contributed by atoms with Crippen molar-refractivity contribution in [2.24, 2.45) is 24.3 Å². The molecule has 3 rings (SSSR count). The molecule has 0 spiro atoms. The van der Waals surface area contributed by atoms with Gasteiger partial charge in [-0.3, -0.25) is 0 Å². The number of rotatable bonds is 4. The van der Waals surface area contributed by atoms with Crippen LogP contribution in [0.15, 0.2) is 65.3 Å². The van der Waals surface area contributed by atoms with Crippen molar-refractivity contribution in [3.8, 4) is 0 Å². The standard InChI is InChI=1S/C15H17N9/c1-23-11-4-3-6-12(23)19-21-15(14-16-9-10-17-14)22-20-13-7-5-8-18-24(13)2/h3-11H,1-2H3,(H2,16,17,18,21,22)/p+1. The average Bonchev–Trinajstić information content (AvgIpc) is 3.12. The Morgan fingerprint density at radius 2 is 2.17 bits per heavy atom. The van der Waals surface area contributed by atoms with Gasteiger partial charge in [-0.15, -0.1) is 10.2 Å². The first-order chi connectivity index (χ1) is 11.7. The molecule has 24 heavy (non-hydrogen) atoms. The molecule has 122 valence electrons. The van der Waals surface area contributed by atoms with Crippen molar-refractivity contribution in [1.29, 1.82) is 0 Å². The van der Waals surface area contributed by atoms with Crippen LogP contribution in [0.5, 0.6) is 0 Å². The van der Waals surface area contributed by atoms with Crippen molar-refractivity contribution in [2.45, 2.75) is 0 Å². The van der Waals surface area contributed by atoms with Crippen LogP contribution in [0.4, 0.5) is 5.82 Å². The summed E-state index contributed by atoms with van der Waals surface area (Å²) < 4.78 is 3.57. The van der Waals surface area contributed by atoms with Crippen LogP contribution in [0.1, 0.15) is 5.82 Å². The second kappa shape index (κ2) is 7.18. The molecule has 0 aromatic carbocycles. The predicted molar refractivity (Wildman–Crippen MR) is 88.3 cm³/mol. The number of pyridine rings is 1. The van der Waals surface area contributed by atoms with Gasteiger partial charge >= 0.3 is 0 Å². The smallest absolute Gasteiger partial charge is 0.297 e. The van der Waals surface area contributed by atoms with Crippen LogP contribution < -0.4 is 20.9 Å². The van der Waals surface area contributed by atoms with E-state index in [0.29, 0.717) is 17.1 Å². The molecule has 9 nitrogen and oxygen atoms in total. The second-order valence-electron chi connectivity index (χ2n) is 4.94. The molecule has 0 unspecified atom stereocenters. The summed E-state index contributed by atoms with van der Waals surface area (Å²) in [6.07, 6.45) is 7.00. The summed E-state index contributed by atoms with van der Waals surface area (Å²) in [5.74, 6) is 1.88. The van der Waals surface area contributed by atoms with Crippen LogP contribution >= 0.6 is 0 Å². The number of H-pyrrole nitrogens is 1. The first-order valence-corrected chi connectivity index (χ1v) is 7.30. The largest absolute Gasteiger partial charge is 0.342 e. The lowest BCUT2D eigenvalue weighted by Gasteiger charge is -2.05. The van der Waals surface area contributed by atoms with Crippen molar-refractivity contribution in [3.05, 3.63) is 66.4 Å². The van der Waals surface area contributed by atoms with E-state index in [4.69, 9.17) is 0 Å². The first kappa shape index (κ1) is 15.4. The van der Waals surface area contributed by atoms with Gasteiger partial charge in [0.15, 0.2) is 11.3 Å². The van der Waals surface area contributed by atoms with E-state index in [2.05, 4.69) is 36.1 Å². The van der Waals surface area contributed by atoms with Gasteiger partial charge in [0, 0.05) is 31.7 Å². The molecule has 3 aromatic heterocycles. The molecule has 0 bridgehead atoms. The quantitative estimate of drug-likeness (QED) is 0.269. The number of hydrogen-bond donors (Lipinski definition) is 3. The van der Waals surface area contributed by atoms with Gasteiger partial charge in [0.25, 0.3) is 5.82 Å². The molecule has 9 heteroatoms. The minimum absolute atomic E-state index is 0.452. The summed E-state index contributed by atoms with van der Waals surface area (Å²) in [4.78, 5) is 7.21. The average molecular weight is 324 g/mol. The summed E-state index contributed by atoms with van der Waals surface area (Å²) in [7, 11) is 3.74. The van der Waals surface area contributed by atoms with Gasteiger partial charge in [-0.1, -0.05) is 6.07 Å². The zero-order chi connectivity index (χ0) is 16.8. The minimum atomic E-state index is 0.452. The Balaban J connectivity index is 1.88. The number of aryl methyl sites for hydroxylation is 2. The van der Waals surface area contributed by atoms with E-state index in [9.17, 15) is 0 Å². The Labute approximate surface area is 138 Å². The van der Waals surface area contributed by atoms with E-state index in [0.717, 1.165) is 5.82 Å². The lowest BCUT2D eigenvalue weighted by molar-refractivity contribution is -0.657. The number of aromatic nitrogens is 5. The zero-order valence-electron chi connectivity index (χ0n) is 13.4. The Morgan fingerprint density at radius 1 is 1.25 bits per heavy atom. The summed E-state index contributed by atoms with van der Waals surface area (Å²) in [5.41, 5.74) is 6.74. The summed E-state index contributed by atoms with van der Waals surface area (Å²) >= 11 is 0. The third kappa shape index (κ3) is 3.64. The van der Waals surface area contributed by atoms with Crippen molar-refractivity contribution in [3.63, 3.8) is 0 Å². The fraction of sp³-hybridized carbons (Fsp3) is 0.133. The number of hydrogen-bond acceptors (Lipinski definition) is 5. The number of nitrogens with zero attached hydrogens (tertiary/aromatic N) is 6. The Bertz CT molecular complexity index is 893. The van der Waals surface area contributed by atoms with Gasteiger partial charge in [-0.2, -0.15) is 10.5 Å². The molecule has 3 heterocycles. The number of hydrazine groups is 1. The Hall–Kier alpha value is -3.49. The Morgan fingerprint density at radius 3 is 2.92 bits per heavy atom. The van der Waals surface area contributed by atoms with Gasteiger partial charge in [-0.05, 0) is 18.2 Å². The molecule has 0 amide bonds. The van der Waals surface area contributed by atoms with Gasteiger partial charge in [0.1, 0.15) is 0 Å². The topological polar surface area (TPSA) is 99.2 Å². The van der Waals surface area contributed by atoms with Crippen LogP contribution in [-0.2, 0) is 14.1 Å². The number of anilines is 1. The molecule has 0 fully saturated rings. The second-order valence-corrected chi connectivity index (χ2v) is 4.94. The fourth-order valence-corrected chi connectivity index (χ4v) is 1.94. The molecular formula is C15H18N9+. The highest BCUT2D eigenvalue weighted by atomic mass is 15.4. The summed E-state index contributed by atoms with van der Waals surface area (Å²) in [5, 5.41) is 12.6. The Kier molecular flexibility index (Phi) is 4.61. The van der Waals surface area contributed by atoms with Gasteiger partial charge in [0.05, 0.1) is 13.2 Å². The maximum Gasteiger partial charge on any atom is 0.297 e. The van der Waals surface area contributed by atoms with Crippen LogP contribution in [0.25, 0.3) is 0 Å². The maximum absolute atomic E-state index is 4.25. The van der Waals surface area contributed by atoms with E-state index >= 15 is 0 Å². The molecule has 3 N–H and O–H groups in total. The minimum Gasteiger partial charge on any atom is -0.342 e. The third-order valence-corrected chi connectivity index (χ3v) is 3.24. The molecule has 0 radical (unpaired) electrons. The molecular weight excluding hydrogens is 306 g/mol. The van der Waals surface area contributed by atoms with Crippen molar-refractivity contribution < 1.29 is 4.57 Å². The predicted octanol–water partition coefficient (Wildman–Crippen LogP) is -0.153. The summed E-state index contributed by atoms with van der Waals surface area (Å²) in [6, 6.07) is 9.45. The van der Waals surface area contributed by atoms with Crippen LogP contribution in [0.3, 0.4) is 0 Å². The van der Waals surface area contributed by atoms with Gasteiger partial charge < -0.3 is 4.98 Å². The SMILES string of the molecule is Cn1ncccc1=NN=C(NNc1cccc[n+]1C)c1ncc[nH]1. The highest BCUT2D eigenvalue weighted by molar-refractivity contribution is 5.95. The highest BCUT2D eigenvalue weighted by Gasteiger charge is 2.10. The number of imidazole rings is 1. The maximum atomic E-state index is 4.25. The number of aromatic amines is 1. The van der Waals surface area contributed by atoms with Crippen molar-refractivity contribution >= 4 is 11.7 Å². The molecule has 0 saturated heterocycles. The number of amidine groups is 1. The number of nitrogens with one attached hydrogen (secondary N) is 3. The molecule has 0 aliphatic heterocycles. The van der Waals surface area contributed by atoms with E-state index in [-0.39, 0.29) is 0 Å². The summed E-state index contributed by atoms with van der Waals surface area (Å²) in [6.45, 7) is 0. The first-order valence-electron chi connectivity index (χ1n) is 7.30. The van der Waals surface area contributed by atoms with Crippen LogP contribution in [0.2, 0.25) is 0 Å².